The predicted molar refractivity (Wildman–Crippen MR) is 165 cm³/mol. The zero-order chi connectivity index (χ0) is 32.5. The van der Waals surface area contributed by atoms with Crippen LogP contribution >= 0.6 is 11.6 Å². The Bertz CT molecular complexity index is 1860. The third-order valence-electron chi connectivity index (χ3n) is 10.1. The van der Waals surface area contributed by atoms with Crippen molar-refractivity contribution in [2.75, 3.05) is 19.1 Å². The third kappa shape index (κ3) is 3.99. The SMILES string of the molecule is COC(=O)N1C(=O)[C@H]2[C@H](CC=C3[C@H]2C[C@H]2C(=O)N(c4cccc(Cl)c4)C(=O)[C@@]2(c2ccccc2)[C@H]3c2cc(OC)ccc2O)C1=O. The first-order valence-corrected chi connectivity index (χ1v) is 15.2. The Morgan fingerprint density at radius 3 is 2.37 bits per heavy atom. The monoisotopic (exact) mass is 640 g/mol. The van der Waals surface area contributed by atoms with E-state index in [-0.39, 0.29) is 18.6 Å². The summed E-state index contributed by atoms with van der Waals surface area (Å²) < 4.78 is 10.3. The quantitative estimate of drug-likeness (QED) is 0.312. The molecule has 2 aliphatic heterocycles. The molecular formula is C35H29ClN2O8. The molecule has 1 saturated carbocycles. The van der Waals surface area contributed by atoms with Crippen molar-refractivity contribution in [1.82, 2.24) is 4.90 Å². The van der Waals surface area contributed by atoms with Crippen LogP contribution in [0.2, 0.25) is 5.02 Å². The van der Waals surface area contributed by atoms with E-state index in [1.165, 1.54) is 13.2 Å². The Morgan fingerprint density at radius 2 is 1.67 bits per heavy atom. The van der Waals surface area contributed by atoms with E-state index in [1.54, 1.807) is 60.7 Å². The number of phenolic OH excluding ortho intramolecular Hbond substituents is 1. The number of halogens is 1. The van der Waals surface area contributed by atoms with Crippen LogP contribution in [0, 0.1) is 23.7 Å². The summed E-state index contributed by atoms with van der Waals surface area (Å²) in [6.07, 6.45) is 0.924. The van der Waals surface area contributed by atoms with Crippen molar-refractivity contribution >= 4 is 47.0 Å². The van der Waals surface area contributed by atoms with Gasteiger partial charge in [0.2, 0.25) is 23.6 Å². The summed E-state index contributed by atoms with van der Waals surface area (Å²) in [6, 6.07) is 20.1. The molecule has 7 rings (SSSR count). The molecule has 6 atom stereocenters. The second-order valence-electron chi connectivity index (χ2n) is 12.0. The van der Waals surface area contributed by atoms with E-state index in [2.05, 4.69) is 0 Å². The summed E-state index contributed by atoms with van der Waals surface area (Å²) in [4.78, 5) is 71.3. The fourth-order valence-corrected chi connectivity index (χ4v) is 8.43. The van der Waals surface area contributed by atoms with Crippen LogP contribution in [0.3, 0.4) is 0 Å². The number of methoxy groups -OCH3 is 2. The lowest BCUT2D eigenvalue weighted by atomic mass is 9.49. The van der Waals surface area contributed by atoms with E-state index >= 15 is 4.79 Å². The van der Waals surface area contributed by atoms with Gasteiger partial charge in [-0.25, -0.2) is 9.69 Å². The van der Waals surface area contributed by atoms with Crippen LogP contribution in [0.5, 0.6) is 11.5 Å². The van der Waals surface area contributed by atoms with E-state index < -0.39 is 64.7 Å². The van der Waals surface area contributed by atoms with Crippen molar-refractivity contribution in [2.45, 2.75) is 24.2 Å². The van der Waals surface area contributed by atoms with E-state index in [4.69, 9.17) is 21.1 Å². The summed E-state index contributed by atoms with van der Waals surface area (Å²) in [5.74, 6) is -6.59. The predicted octanol–water partition coefficient (Wildman–Crippen LogP) is 4.98. The normalized spacial score (nSPS) is 28.4. The number of nitrogens with zero attached hydrogens (tertiary/aromatic N) is 2. The Labute approximate surface area is 269 Å². The lowest BCUT2D eigenvalue weighted by molar-refractivity contribution is -0.138. The number of amides is 5. The molecule has 0 spiro atoms. The van der Waals surface area contributed by atoms with Gasteiger partial charge in [0.15, 0.2) is 0 Å². The number of ether oxygens (including phenoxy) is 2. The van der Waals surface area contributed by atoms with Gasteiger partial charge in [-0.1, -0.05) is 59.6 Å². The molecule has 11 heteroatoms. The van der Waals surface area contributed by atoms with E-state index in [1.807, 2.05) is 12.1 Å². The second kappa shape index (κ2) is 10.8. The molecule has 0 aromatic heterocycles. The van der Waals surface area contributed by atoms with Gasteiger partial charge < -0.3 is 14.6 Å². The molecule has 3 aromatic rings. The Balaban J connectivity index is 1.51. The van der Waals surface area contributed by atoms with Crippen LogP contribution in [-0.2, 0) is 29.3 Å². The van der Waals surface area contributed by atoms with Crippen molar-refractivity contribution < 1.29 is 38.6 Å². The number of phenols is 1. The Kier molecular flexibility index (Phi) is 7.01. The number of imide groups is 4. The molecule has 3 aromatic carbocycles. The molecule has 5 amide bonds. The zero-order valence-electron chi connectivity index (χ0n) is 24.9. The van der Waals surface area contributed by atoms with Crippen LogP contribution < -0.4 is 9.64 Å². The van der Waals surface area contributed by atoms with E-state index in [0.717, 1.165) is 12.0 Å². The summed E-state index contributed by atoms with van der Waals surface area (Å²) in [5.41, 5.74) is 0.249. The van der Waals surface area contributed by atoms with Gasteiger partial charge in [0.25, 0.3) is 0 Å². The maximum atomic E-state index is 15.2. The van der Waals surface area contributed by atoms with Crippen molar-refractivity contribution in [3.05, 3.63) is 101 Å². The Morgan fingerprint density at radius 1 is 0.913 bits per heavy atom. The number of rotatable bonds is 4. The number of allylic oxidation sites excluding steroid dienone is 2. The lowest BCUT2D eigenvalue weighted by Gasteiger charge is -2.50. The number of carbonyl (C=O) groups is 5. The van der Waals surface area contributed by atoms with Gasteiger partial charge in [0.1, 0.15) is 11.5 Å². The lowest BCUT2D eigenvalue weighted by Crippen LogP contribution is -2.53. The summed E-state index contributed by atoms with van der Waals surface area (Å²) >= 11 is 6.33. The first-order chi connectivity index (χ1) is 22.1. The number of aromatic hydroxyl groups is 1. The van der Waals surface area contributed by atoms with Gasteiger partial charge in [-0.15, -0.1) is 0 Å². The van der Waals surface area contributed by atoms with Crippen LogP contribution in [0.25, 0.3) is 0 Å². The van der Waals surface area contributed by atoms with Crippen LogP contribution in [0.15, 0.2) is 84.4 Å². The fraction of sp³-hybridized carbons (Fsp3) is 0.286. The Hall–Kier alpha value is -4.96. The van der Waals surface area contributed by atoms with Crippen molar-refractivity contribution in [3.8, 4) is 11.5 Å². The van der Waals surface area contributed by atoms with E-state index in [9.17, 15) is 24.3 Å². The molecule has 4 aliphatic rings. The minimum Gasteiger partial charge on any atom is -0.508 e. The number of carbonyl (C=O) groups excluding carboxylic acids is 5. The van der Waals surface area contributed by atoms with Crippen LogP contribution in [0.1, 0.15) is 29.9 Å². The molecule has 2 heterocycles. The molecule has 0 unspecified atom stereocenters. The summed E-state index contributed by atoms with van der Waals surface area (Å²) in [5, 5.41) is 11.8. The smallest absolute Gasteiger partial charge is 0.423 e. The van der Waals surface area contributed by atoms with Gasteiger partial charge in [-0.3, -0.25) is 19.2 Å². The highest BCUT2D eigenvalue weighted by Crippen LogP contribution is 2.65. The van der Waals surface area contributed by atoms with Gasteiger partial charge in [-0.2, -0.15) is 4.90 Å². The average molecular weight is 641 g/mol. The molecule has 2 aliphatic carbocycles. The zero-order valence-corrected chi connectivity index (χ0v) is 25.6. The second-order valence-corrected chi connectivity index (χ2v) is 12.4. The molecule has 234 valence electrons. The van der Waals surface area contributed by atoms with Crippen molar-refractivity contribution in [3.63, 3.8) is 0 Å². The highest BCUT2D eigenvalue weighted by Gasteiger charge is 2.70. The highest BCUT2D eigenvalue weighted by molar-refractivity contribution is 6.32. The van der Waals surface area contributed by atoms with Crippen molar-refractivity contribution in [1.29, 1.82) is 0 Å². The third-order valence-corrected chi connectivity index (χ3v) is 10.3. The number of fused-ring (bicyclic) bond motifs is 4. The summed E-state index contributed by atoms with van der Waals surface area (Å²) in [6.45, 7) is 0. The molecule has 46 heavy (non-hydrogen) atoms. The largest absolute Gasteiger partial charge is 0.508 e. The molecule has 1 N–H and O–H groups in total. The molecule has 10 nitrogen and oxygen atoms in total. The minimum absolute atomic E-state index is 0.0405. The maximum Gasteiger partial charge on any atom is 0.423 e. The van der Waals surface area contributed by atoms with Crippen molar-refractivity contribution in [2.24, 2.45) is 23.7 Å². The first-order valence-electron chi connectivity index (χ1n) is 14.9. The highest BCUT2D eigenvalue weighted by atomic mass is 35.5. The number of hydrogen-bond acceptors (Lipinski definition) is 8. The van der Waals surface area contributed by atoms with E-state index in [0.29, 0.717) is 38.1 Å². The topological polar surface area (TPSA) is 131 Å². The molecule has 2 saturated heterocycles. The van der Waals surface area contributed by atoms with Gasteiger partial charge in [0, 0.05) is 16.5 Å². The molecular weight excluding hydrogens is 612 g/mol. The number of anilines is 1. The number of likely N-dealkylation sites (tertiary alicyclic amines) is 1. The number of hydrogen-bond donors (Lipinski definition) is 1. The molecule has 0 radical (unpaired) electrons. The summed E-state index contributed by atoms with van der Waals surface area (Å²) in [7, 11) is 2.58. The average Bonchev–Trinajstić information content (AvgIpc) is 3.46. The van der Waals surface area contributed by atoms with Gasteiger partial charge in [-0.05, 0) is 60.7 Å². The molecule has 3 fully saturated rings. The molecule has 0 bridgehead atoms. The standard InChI is InChI=1S/C35H29ClN2O8/c1-45-21-11-14-27(39)25(16-21)29-22-12-13-23-28(32(42)38(30(23)40)34(44)46-2)24(22)17-26-31(41)37(20-10-6-9-19(36)15-20)33(43)35(26,29)18-7-4-3-5-8-18/h3-12,14-16,23-24,26,28-29,39H,13,17H2,1-2H3/t23-,24+,26-,28-,29+,35+/m0/s1. The van der Waals surface area contributed by atoms with Gasteiger partial charge >= 0.3 is 6.09 Å². The maximum absolute atomic E-state index is 15.2. The van der Waals surface area contributed by atoms with Crippen LogP contribution in [-0.4, -0.2) is 53.9 Å². The van der Waals surface area contributed by atoms with Gasteiger partial charge in [0.05, 0.1) is 43.1 Å². The fourth-order valence-electron chi connectivity index (χ4n) is 8.25. The minimum atomic E-state index is -1.56. The number of benzene rings is 3. The first kappa shape index (κ1) is 29.7. The van der Waals surface area contributed by atoms with Crippen LogP contribution in [0.4, 0.5) is 10.5 Å².